The molecule has 0 saturated heterocycles. The Morgan fingerprint density at radius 2 is 1.74 bits per heavy atom. The Balaban J connectivity index is 1.29. The first-order chi connectivity index (χ1) is 18.4. The maximum Gasteiger partial charge on any atom is 0.231 e. The third-order valence-corrected chi connectivity index (χ3v) is 9.11. The van der Waals surface area contributed by atoms with Gasteiger partial charge in [-0.2, -0.15) is 0 Å². The highest BCUT2D eigenvalue weighted by Crippen LogP contribution is 2.42. The van der Waals surface area contributed by atoms with Crippen LogP contribution in [0.2, 0.25) is 0 Å². The number of aryl methyl sites for hydroxylation is 1. The largest absolute Gasteiger partial charge is 0.370 e. The molecule has 3 aromatic heterocycles. The fourth-order valence-corrected chi connectivity index (χ4v) is 7.13. The van der Waals surface area contributed by atoms with Gasteiger partial charge in [-0.15, -0.1) is 11.3 Å². The second-order valence-corrected chi connectivity index (χ2v) is 12.1. The molecule has 0 spiro atoms. The van der Waals surface area contributed by atoms with E-state index in [4.69, 9.17) is 9.72 Å². The molecule has 0 radical (unpaired) electrons. The number of nitrogens with zero attached hydrogens (tertiary/aromatic N) is 3. The van der Waals surface area contributed by atoms with Crippen molar-refractivity contribution in [2.45, 2.75) is 50.5 Å². The van der Waals surface area contributed by atoms with Gasteiger partial charge >= 0.3 is 0 Å². The zero-order valence-electron chi connectivity index (χ0n) is 21.5. The highest BCUT2D eigenvalue weighted by atomic mass is 32.2. The summed E-state index contributed by atoms with van der Waals surface area (Å²) < 4.78 is 7.06. The van der Waals surface area contributed by atoms with E-state index < -0.39 is 0 Å². The minimum absolute atomic E-state index is 0.0502. The Labute approximate surface area is 229 Å². The van der Waals surface area contributed by atoms with Crippen molar-refractivity contribution < 1.29 is 9.53 Å². The molecule has 6 nitrogen and oxygen atoms in total. The number of hydrogen-bond acceptors (Lipinski definition) is 7. The normalized spacial score (nSPS) is 14.6. The Morgan fingerprint density at radius 3 is 2.42 bits per heavy atom. The number of amides is 1. The van der Waals surface area contributed by atoms with Gasteiger partial charge in [-0.05, 0) is 37.5 Å². The average molecular weight is 541 g/mol. The van der Waals surface area contributed by atoms with Crippen LogP contribution in [-0.2, 0) is 22.6 Å². The highest BCUT2D eigenvalue weighted by Gasteiger charge is 2.31. The van der Waals surface area contributed by atoms with E-state index in [9.17, 15) is 4.79 Å². The molecule has 0 fully saturated rings. The zero-order chi connectivity index (χ0) is 26.3. The number of hydrogen-bond donors (Lipinski definition) is 1. The molecule has 1 aliphatic rings. The van der Waals surface area contributed by atoms with Crippen molar-refractivity contribution in [2.75, 3.05) is 5.75 Å². The fourth-order valence-electron chi connectivity index (χ4n) is 5.04. The van der Waals surface area contributed by atoms with Crippen LogP contribution in [0.3, 0.4) is 0 Å². The number of thiophene rings is 1. The van der Waals surface area contributed by atoms with Crippen molar-refractivity contribution in [3.8, 4) is 0 Å². The summed E-state index contributed by atoms with van der Waals surface area (Å²) in [4.78, 5) is 28.3. The van der Waals surface area contributed by atoms with Crippen LogP contribution in [0.15, 0.2) is 72.0 Å². The lowest BCUT2D eigenvalue weighted by atomic mass is 9.89. The lowest BCUT2D eigenvalue weighted by Crippen LogP contribution is -2.32. The van der Waals surface area contributed by atoms with Gasteiger partial charge in [-0.1, -0.05) is 72.4 Å². The van der Waals surface area contributed by atoms with Crippen LogP contribution in [0, 0.1) is 6.92 Å². The van der Waals surface area contributed by atoms with Crippen LogP contribution in [0.5, 0.6) is 0 Å². The maximum absolute atomic E-state index is 13.2. The second kappa shape index (κ2) is 10.1. The summed E-state index contributed by atoms with van der Waals surface area (Å²) in [5.74, 6) is 0.202. The maximum atomic E-state index is 13.2. The third kappa shape index (κ3) is 4.79. The fraction of sp³-hybridized carbons (Fsp3) is 0.267. The van der Waals surface area contributed by atoms with Crippen LogP contribution in [-0.4, -0.2) is 32.2 Å². The topological polar surface area (TPSA) is 77.0 Å². The van der Waals surface area contributed by atoms with E-state index in [0.29, 0.717) is 6.61 Å². The van der Waals surface area contributed by atoms with Crippen LogP contribution in [0.25, 0.3) is 20.4 Å². The first kappa shape index (κ1) is 25.0. The van der Waals surface area contributed by atoms with Gasteiger partial charge in [-0.25, -0.2) is 15.0 Å². The summed E-state index contributed by atoms with van der Waals surface area (Å²) in [5.41, 5.74) is 6.21. The number of benzene rings is 2. The molecule has 38 heavy (non-hydrogen) atoms. The summed E-state index contributed by atoms with van der Waals surface area (Å²) in [6.45, 7) is 6.86. The molecule has 192 valence electrons. The van der Waals surface area contributed by atoms with Crippen molar-refractivity contribution in [3.05, 3.63) is 94.9 Å². The molecule has 0 saturated carbocycles. The monoisotopic (exact) mass is 540 g/mol. The quantitative estimate of drug-likeness (QED) is 0.198. The molecule has 0 bridgehead atoms. The average Bonchev–Trinajstić information content (AvgIpc) is 3.30. The van der Waals surface area contributed by atoms with E-state index in [1.807, 2.05) is 67.6 Å². The van der Waals surface area contributed by atoms with E-state index in [0.717, 1.165) is 54.3 Å². The minimum atomic E-state index is -0.237. The molecule has 1 N–H and O–H groups in total. The first-order valence-corrected chi connectivity index (χ1v) is 14.4. The molecule has 0 unspecified atom stereocenters. The van der Waals surface area contributed by atoms with E-state index >= 15 is 0 Å². The van der Waals surface area contributed by atoms with E-state index in [1.54, 1.807) is 17.7 Å². The van der Waals surface area contributed by atoms with Crippen LogP contribution in [0.4, 0.5) is 0 Å². The molecular weight excluding hydrogens is 512 g/mol. The molecular formula is C30H28N4O2S2. The molecule has 5 aromatic rings. The van der Waals surface area contributed by atoms with Crippen molar-refractivity contribution in [3.63, 3.8) is 0 Å². The number of rotatable bonds is 6. The van der Waals surface area contributed by atoms with Crippen molar-refractivity contribution in [2.24, 2.45) is 0 Å². The number of ether oxygens (including phenoxy) is 1. The summed E-state index contributed by atoms with van der Waals surface area (Å²) in [6.07, 6.45) is 2.41. The standard InChI is InChI=1S/C30H28N4O2S2/c1-18-22-15-36-30(2,3)14-21(22)24-26-27(38-28(24)33-18)29(32-17-31-26)37-16-23(35)34-25(19-10-6-4-7-11-19)20-12-8-5-9-13-20/h4-13,17,25H,14-16H2,1-3H3,(H,34,35). The first-order valence-electron chi connectivity index (χ1n) is 12.6. The minimum Gasteiger partial charge on any atom is -0.370 e. The van der Waals surface area contributed by atoms with Gasteiger partial charge in [0.05, 0.1) is 34.2 Å². The summed E-state index contributed by atoms with van der Waals surface area (Å²) >= 11 is 3.05. The van der Waals surface area contributed by atoms with Gasteiger partial charge in [0, 0.05) is 23.1 Å². The van der Waals surface area contributed by atoms with E-state index in [2.05, 4.69) is 29.1 Å². The van der Waals surface area contributed by atoms with Crippen molar-refractivity contribution >= 4 is 49.4 Å². The van der Waals surface area contributed by atoms with Crippen LogP contribution >= 0.6 is 23.1 Å². The number of aromatic nitrogens is 3. The SMILES string of the molecule is Cc1nc2sc3c(SCC(=O)NC(c4ccccc4)c4ccccc4)ncnc3c2c2c1COC(C)(C)C2. The van der Waals surface area contributed by atoms with Crippen LogP contribution in [0.1, 0.15) is 47.8 Å². The number of nitrogens with one attached hydrogen (secondary N) is 1. The zero-order valence-corrected chi connectivity index (χ0v) is 23.2. The Hall–Kier alpha value is -3.33. The van der Waals surface area contributed by atoms with Crippen LogP contribution < -0.4 is 5.32 Å². The smallest absolute Gasteiger partial charge is 0.231 e. The van der Waals surface area contributed by atoms with Crippen molar-refractivity contribution in [1.82, 2.24) is 20.3 Å². The highest BCUT2D eigenvalue weighted by molar-refractivity contribution is 8.00. The van der Waals surface area contributed by atoms with Crippen molar-refractivity contribution in [1.29, 1.82) is 0 Å². The number of carbonyl (C=O) groups is 1. The lowest BCUT2D eigenvalue weighted by Gasteiger charge is -2.32. The third-order valence-electron chi connectivity index (χ3n) is 6.91. The molecule has 1 amide bonds. The molecule has 6 rings (SSSR count). The number of carbonyl (C=O) groups excluding carboxylic acids is 1. The molecule has 4 heterocycles. The summed E-state index contributed by atoms with van der Waals surface area (Å²) in [5, 5.41) is 5.13. The van der Waals surface area contributed by atoms with Gasteiger partial charge in [0.15, 0.2) is 0 Å². The number of fused-ring (bicyclic) bond motifs is 5. The lowest BCUT2D eigenvalue weighted by molar-refractivity contribution is -0.119. The predicted octanol–water partition coefficient (Wildman–Crippen LogP) is 6.40. The Bertz CT molecular complexity index is 1600. The van der Waals surface area contributed by atoms with Gasteiger partial charge in [0.2, 0.25) is 5.91 Å². The molecule has 0 aliphatic carbocycles. The van der Waals surface area contributed by atoms with Gasteiger partial charge < -0.3 is 10.1 Å². The summed E-state index contributed by atoms with van der Waals surface area (Å²) in [7, 11) is 0. The molecule has 1 aliphatic heterocycles. The summed E-state index contributed by atoms with van der Waals surface area (Å²) in [6, 6.07) is 19.9. The number of thioether (sulfide) groups is 1. The molecule has 0 atom stereocenters. The van der Waals surface area contributed by atoms with E-state index in [-0.39, 0.29) is 23.3 Å². The predicted molar refractivity (Wildman–Crippen MR) is 154 cm³/mol. The molecule has 8 heteroatoms. The molecule has 2 aromatic carbocycles. The van der Waals surface area contributed by atoms with E-state index in [1.165, 1.54) is 17.3 Å². The second-order valence-electron chi connectivity index (χ2n) is 10.1. The van der Waals surface area contributed by atoms with Gasteiger partial charge in [-0.3, -0.25) is 4.79 Å². The van der Waals surface area contributed by atoms with Gasteiger partial charge in [0.1, 0.15) is 16.2 Å². The Kier molecular flexibility index (Phi) is 6.63. The number of pyridine rings is 1. The van der Waals surface area contributed by atoms with Gasteiger partial charge in [0.25, 0.3) is 0 Å². The Morgan fingerprint density at radius 1 is 1.05 bits per heavy atom.